The van der Waals surface area contributed by atoms with E-state index in [1.54, 1.807) is 0 Å². The molecule has 1 N–H and O–H groups in total. The largest absolute Gasteiger partial charge is 0.342 e. The van der Waals surface area contributed by atoms with Crippen molar-refractivity contribution in [3.63, 3.8) is 0 Å². The van der Waals surface area contributed by atoms with E-state index in [4.69, 9.17) is 0 Å². The predicted molar refractivity (Wildman–Crippen MR) is 120 cm³/mol. The van der Waals surface area contributed by atoms with Gasteiger partial charge in [0.05, 0.1) is 0 Å². The molecule has 3 heterocycles. The lowest BCUT2D eigenvalue weighted by Gasteiger charge is -2.30. The number of nitrogens with one attached hydrogen (secondary N) is 1. The van der Waals surface area contributed by atoms with Gasteiger partial charge in [-0.3, -0.25) is 9.59 Å². The number of anilines is 1. The Hall–Kier alpha value is -1.92. The van der Waals surface area contributed by atoms with Gasteiger partial charge < -0.3 is 20.0 Å². The van der Waals surface area contributed by atoms with E-state index in [2.05, 4.69) is 33.3 Å². The highest BCUT2D eigenvalue weighted by Gasteiger charge is 2.42. The topological polar surface area (TPSA) is 55.9 Å². The second kappa shape index (κ2) is 9.06. The Morgan fingerprint density at radius 1 is 1.07 bits per heavy atom. The molecule has 2 saturated heterocycles. The molecule has 164 valence electrons. The molecule has 3 aliphatic rings. The van der Waals surface area contributed by atoms with Gasteiger partial charge in [-0.25, -0.2) is 0 Å². The number of nitrogens with zero attached hydrogens (tertiary/aromatic N) is 3. The van der Waals surface area contributed by atoms with Crippen molar-refractivity contribution in [2.24, 2.45) is 11.3 Å². The molecule has 6 heteroatoms. The molecular weight excluding hydrogens is 376 g/mol. The quantitative estimate of drug-likeness (QED) is 0.823. The summed E-state index contributed by atoms with van der Waals surface area (Å²) in [5.41, 5.74) is 2.41. The number of rotatable bonds is 4. The molecule has 3 aliphatic heterocycles. The summed E-state index contributed by atoms with van der Waals surface area (Å²) in [7, 11) is 0. The Balaban J connectivity index is 1.43. The van der Waals surface area contributed by atoms with Gasteiger partial charge in [0, 0.05) is 70.4 Å². The monoisotopic (exact) mass is 412 g/mol. The Bertz CT molecular complexity index is 774. The fraction of sp³-hybridized carbons (Fsp3) is 0.667. The number of carbonyl (C=O) groups is 2. The van der Waals surface area contributed by atoms with Crippen LogP contribution >= 0.6 is 0 Å². The molecule has 30 heavy (non-hydrogen) atoms. The Kier molecular flexibility index (Phi) is 6.44. The molecule has 0 bridgehead atoms. The van der Waals surface area contributed by atoms with Crippen LogP contribution in [0.25, 0.3) is 0 Å². The second-order valence-electron chi connectivity index (χ2n) is 9.61. The van der Waals surface area contributed by atoms with Gasteiger partial charge in [0.2, 0.25) is 11.8 Å². The zero-order chi connectivity index (χ0) is 21.1. The van der Waals surface area contributed by atoms with Crippen LogP contribution in [0, 0.1) is 11.3 Å². The van der Waals surface area contributed by atoms with E-state index in [1.165, 1.54) is 5.56 Å². The number of hydrogen-bond acceptors (Lipinski definition) is 4. The predicted octanol–water partition coefficient (Wildman–Crippen LogP) is 2.14. The molecule has 1 spiro atoms. The third-order valence-electron chi connectivity index (χ3n) is 7.12. The number of para-hydroxylation sites is 1. The average Bonchev–Trinajstić information content (AvgIpc) is 3.10. The fourth-order valence-electron chi connectivity index (χ4n) is 5.27. The summed E-state index contributed by atoms with van der Waals surface area (Å²) >= 11 is 0. The van der Waals surface area contributed by atoms with Gasteiger partial charge >= 0.3 is 0 Å². The molecule has 6 nitrogen and oxygen atoms in total. The Morgan fingerprint density at radius 3 is 2.57 bits per heavy atom. The van der Waals surface area contributed by atoms with Gasteiger partial charge in [0.15, 0.2) is 0 Å². The molecule has 0 aliphatic carbocycles. The molecule has 1 aromatic rings. The Morgan fingerprint density at radius 2 is 1.80 bits per heavy atom. The van der Waals surface area contributed by atoms with Crippen LogP contribution in [0.4, 0.5) is 5.69 Å². The third kappa shape index (κ3) is 4.54. The summed E-state index contributed by atoms with van der Waals surface area (Å²) in [5.74, 6) is 0.471. The average molecular weight is 413 g/mol. The minimum Gasteiger partial charge on any atom is -0.342 e. The molecule has 2 fully saturated rings. The molecular formula is C24H36N4O2. The van der Waals surface area contributed by atoms with Crippen LogP contribution in [0.15, 0.2) is 24.3 Å². The van der Waals surface area contributed by atoms with Crippen LogP contribution in [0.1, 0.15) is 38.7 Å². The lowest BCUT2D eigenvalue weighted by atomic mass is 9.78. The maximum Gasteiger partial charge on any atom is 0.229 e. The number of piperazine rings is 1. The summed E-state index contributed by atoms with van der Waals surface area (Å²) in [6, 6.07) is 8.34. The highest BCUT2D eigenvalue weighted by Crippen LogP contribution is 2.43. The van der Waals surface area contributed by atoms with E-state index in [0.717, 1.165) is 77.3 Å². The number of carbonyl (C=O) groups excluding carboxylic acids is 2. The number of amides is 2. The first kappa shape index (κ1) is 21.3. The molecule has 4 rings (SSSR count). The van der Waals surface area contributed by atoms with E-state index in [0.29, 0.717) is 6.42 Å². The highest BCUT2D eigenvalue weighted by molar-refractivity contribution is 5.95. The standard InChI is InChI=1S/C24H36N4O2/c1-19(2)23(30)28-14-9-24(17-20-5-3-4-6-21(20)28)8-13-27(18-24)22(29)7-12-26-15-10-25-11-16-26/h3-6,19,25H,7-18H2,1-2H3. The summed E-state index contributed by atoms with van der Waals surface area (Å²) in [5, 5.41) is 3.36. The van der Waals surface area contributed by atoms with Gasteiger partial charge in [-0.05, 0) is 36.3 Å². The van der Waals surface area contributed by atoms with Crippen LogP contribution in [0.3, 0.4) is 0 Å². The minimum atomic E-state index is -0.0150. The smallest absolute Gasteiger partial charge is 0.229 e. The van der Waals surface area contributed by atoms with Gasteiger partial charge in [-0.2, -0.15) is 0 Å². The summed E-state index contributed by atoms with van der Waals surface area (Å²) in [6.45, 7) is 11.3. The SMILES string of the molecule is CC(C)C(=O)N1CCC2(CCN(C(=O)CCN3CCNCC3)C2)Cc2ccccc21. The van der Waals surface area contributed by atoms with Crippen molar-refractivity contribution < 1.29 is 9.59 Å². The molecule has 2 amide bonds. The van der Waals surface area contributed by atoms with Crippen molar-refractivity contribution in [3.8, 4) is 0 Å². The lowest BCUT2D eigenvalue weighted by molar-refractivity contribution is -0.131. The summed E-state index contributed by atoms with van der Waals surface area (Å²) < 4.78 is 0. The van der Waals surface area contributed by atoms with Crippen molar-refractivity contribution in [2.75, 3.05) is 57.3 Å². The van der Waals surface area contributed by atoms with Gasteiger partial charge in [-0.15, -0.1) is 0 Å². The zero-order valence-corrected chi connectivity index (χ0v) is 18.5. The number of likely N-dealkylation sites (tertiary alicyclic amines) is 1. The fourth-order valence-corrected chi connectivity index (χ4v) is 5.27. The molecule has 1 unspecified atom stereocenters. The van der Waals surface area contributed by atoms with Crippen molar-refractivity contribution in [3.05, 3.63) is 29.8 Å². The van der Waals surface area contributed by atoms with Crippen molar-refractivity contribution in [1.82, 2.24) is 15.1 Å². The van der Waals surface area contributed by atoms with Crippen LogP contribution in [-0.2, 0) is 16.0 Å². The van der Waals surface area contributed by atoms with Crippen LogP contribution < -0.4 is 10.2 Å². The number of hydrogen-bond donors (Lipinski definition) is 1. The van der Waals surface area contributed by atoms with E-state index in [1.807, 2.05) is 24.8 Å². The second-order valence-corrected chi connectivity index (χ2v) is 9.61. The summed E-state index contributed by atoms with van der Waals surface area (Å²) in [4.78, 5) is 32.3. The molecule has 0 saturated carbocycles. The van der Waals surface area contributed by atoms with Gasteiger partial charge in [0.25, 0.3) is 0 Å². The normalized spacial score (nSPS) is 24.9. The number of fused-ring (bicyclic) bond motifs is 1. The van der Waals surface area contributed by atoms with E-state index in [-0.39, 0.29) is 23.1 Å². The first-order chi connectivity index (χ1) is 14.5. The Labute approximate surface area is 180 Å². The van der Waals surface area contributed by atoms with Crippen LogP contribution in [0.5, 0.6) is 0 Å². The van der Waals surface area contributed by atoms with Gasteiger partial charge in [-0.1, -0.05) is 32.0 Å². The maximum absolute atomic E-state index is 12.9. The van der Waals surface area contributed by atoms with E-state index >= 15 is 0 Å². The molecule has 0 aromatic heterocycles. The highest BCUT2D eigenvalue weighted by atomic mass is 16.2. The number of benzene rings is 1. The van der Waals surface area contributed by atoms with E-state index in [9.17, 15) is 9.59 Å². The van der Waals surface area contributed by atoms with Crippen molar-refractivity contribution >= 4 is 17.5 Å². The molecule has 1 aromatic carbocycles. The maximum atomic E-state index is 12.9. The van der Waals surface area contributed by atoms with Crippen LogP contribution in [0.2, 0.25) is 0 Å². The lowest BCUT2D eigenvalue weighted by Crippen LogP contribution is -2.45. The van der Waals surface area contributed by atoms with Gasteiger partial charge in [0.1, 0.15) is 0 Å². The van der Waals surface area contributed by atoms with Crippen LogP contribution in [-0.4, -0.2) is 74.0 Å². The minimum absolute atomic E-state index is 0.0150. The first-order valence-corrected chi connectivity index (χ1v) is 11.6. The molecule has 0 radical (unpaired) electrons. The van der Waals surface area contributed by atoms with Crippen molar-refractivity contribution in [2.45, 2.75) is 39.5 Å². The summed E-state index contributed by atoms with van der Waals surface area (Å²) in [6.07, 6.45) is 3.56. The van der Waals surface area contributed by atoms with E-state index < -0.39 is 0 Å². The zero-order valence-electron chi connectivity index (χ0n) is 18.5. The first-order valence-electron chi connectivity index (χ1n) is 11.6. The molecule has 1 atom stereocenters. The third-order valence-corrected chi connectivity index (χ3v) is 7.12. The van der Waals surface area contributed by atoms with Crippen molar-refractivity contribution in [1.29, 1.82) is 0 Å².